The first-order valence-electron chi connectivity index (χ1n) is 7.52. The predicted octanol–water partition coefficient (Wildman–Crippen LogP) is 3.07. The highest BCUT2D eigenvalue weighted by Crippen LogP contribution is 2.46. The number of hydrogen-bond acceptors (Lipinski definition) is 5. The zero-order valence-electron chi connectivity index (χ0n) is 13.4. The average Bonchev–Trinajstić information content (AvgIpc) is 2.41. The maximum Gasteiger partial charge on any atom is 0.162 e. The third-order valence-electron chi connectivity index (χ3n) is 4.47. The molecule has 0 atom stereocenters. The fraction of sp³-hybridized carbons (Fsp3) is 0.688. The van der Waals surface area contributed by atoms with E-state index in [0.717, 1.165) is 25.7 Å². The quantitative estimate of drug-likeness (QED) is 0.923. The van der Waals surface area contributed by atoms with Gasteiger partial charge < -0.3 is 10.5 Å². The molecule has 0 bridgehead atoms. The average molecular weight is 288 g/mol. The zero-order valence-corrected chi connectivity index (χ0v) is 13.4. The molecule has 1 heterocycles. The van der Waals surface area contributed by atoms with Crippen LogP contribution in [0.1, 0.15) is 63.5 Å². The van der Waals surface area contributed by atoms with Gasteiger partial charge in [-0.2, -0.15) is 5.26 Å². The number of hydrogen-bond donors (Lipinski definition) is 1. The molecule has 0 radical (unpaired) electrons. The molecular formula is C16H24N4O. The van der Waals surface area contributed by atoms with Crippen LogP contribution in [-0.4, -0.2) is 16.6 Å². The van der Waals surface area contributed by atoms with Crippen LogP contribution >= 0.6 is 0 Å². The highest BCUT2D eigenvalue weighted by atomic mass is 16.5. The number of aromatic nitrogens is 2. The van der Waals surface area contributed by atoms with Crippen molar-refractivity contribution in [1.82, 2.24) is 9.97 Å². The standard InChI is InChI=1S/C16H24N4O/c1-5-21-16(8-6-15(3,4)7-9-16)14-19-11(2)12(10-17)13(18)20-14/h5-9H2,1-4H3,(H2,18,19,20). The molecule has 0 unspecified atom stereocenters. The Kier molecular flexibility index (Phi) is 4.20. The van der Waals surface area contributed by atoms with Crippen molar-refractivity contribution in [3.8, 4) is 6.07 Å². The lowest BCUT2D eigenvalue weighted by atomic mass is 9.70. The van der Waals surface area contributed by atoms with Crippen molar-refractivity contribution in [2.75, 3.05) is 12.3 Å². The number of rotatable bonds is 3. The third kappa shape index (κ3) is 3.01. The van der Waals surface area contributed by atoms with Crippen molar-refractivity contribution in [1.29, 1.82) is 5.26 Å². The van der Waals surface area contributed by atoms with E-state index in [9.17, 15) is 0 Å². The van der Waals surface area contributed by atoms with E-state index in [1.807, 2.05) is 6.92 Å². The Bertz CT molecular complexity index is 541. The second kappa shape index (κ2) is 5.61. The maximum absolute atomic E-state index is 9.10. The van der Waals surface area contributed by atoms with Gasteiger partial charge in [-0.25, -0.2) is 9.97 Å². The molecule has 1 aliphatic carbocycles. The second-order valence-electron chi connectivity index (χ2n) is 6.60. The van der Waals surface area contributed by atoms with E-state index in [1.165, 1.54) is 0 Å². The minimum absolute atomic E-state index is 0.254. The Hall–Kier alpha value is -1.67. The van der Waals surface area contributed by atoms with Gasteiger partial charge in [0.15, 0.2) is 5.82 Å². The van der Waals surface area contributed by atoms with E-state index < -0.39 is 5.60 Å². The Morgan fingerprint density at radius 1 is 1.24 bits per heavy atom. The van der Waals surface area contributed by atoms with E-state index in [0.29, 0.717) is 29.1 Å². The molecule has 1 saturated carbocycles. The van der Waals surface area contributed by atoms with Crippen LogP contribution in [0.15, 0.2) is 0 Å². The van der Waals surface area contributed by atoms with Gasteiger partial charge in [0.2, 0.25) is 0 Å². The molecule has 2 N–H and O–H groups in total. The van der Waals surface area contributed by atoms with Crippen LogP contribution in [0.4, 0.5) is 5.82 Å². The largest absolute Gasteiger partial charge is 0.382 e. The number of nitriles is 1. The van der Waals surface area contributed by atoms with E-state index in [1.54, 1.807) is 6.92 Å². The molecule has 1 aliphatic rings. The highest BCUT2D eigenvalue weighted by Gasteiger charge is 2.43. The van der Waals surface area contributed by atoms with Crippen LogP contribution < -0.4 is 5.73 Å². The van der Waals surface area contributed by atoms with Crippen molar-refractivity contribution >= 4 is 5.82 Å². The Balaban J connectivity index is 2.43. The number of anilines is 1. The van der Waals surface area contributed by atoms with E-state index in [4.69, 9.17) is 15.7 Å². The van der Waals surface area contributed by atoms with E-state index >= 15 is 0 Å². The summed E-state index contributed by atoms with van der Waals surface area (Å²) in [6.45, 7) is 8.96. The molecule has 21 heavy (non-hydrogen) atoms. The summed E-state index contributed by atoms with van der Waals surface area (Å²) in [4.78, 5) is 8.91. The molecular weight excluding hydrogens is 264 g/mol. The number of ether oxygens (including phenoxy) is 1. The Labute approximate surface area is 126 Å². The second-order valence-corrected chi connectivity index (χ2v) is 6.60. The van der Waals surface area contributed by atoms with Crippen molar-refractivity contribution in [3.05, 3.63) is 17.1 Å². The molecule has 0 spiro atoms. The first-order valence-corrected chi connectivity index (χ1v) is 7.52. The van der Waals surface area contributed by atoms with Crippen LogP contribution in [0.3, 0.4) is 0 Å². The van der Waals surface area contributed by atoms with Gasteiger partial charge >= 0.3 is 0 Å². The molecule has 0 amide bonds. The van der Waals surface area contributed by atoms with Crippen LogP contribution in [-0.2, 0) is 10.3 Å². The number of nitrogens with two attached hydrogens (primary N) is 1. The summed E-state index contributed by atoms with van der Waals surface area (Å²) in [5, 5.41) is 9.10. The fourth-order valence-corrected chi connectivity index (χ4v) is 2.98. The molecule has 5 nitrogen and oxygen atoms in total. The number of aryl methyl sites for hydroxylation is 1. The summed E-state index contributed by atoms with van der Waals surface area (Å²) < 4.78 is 6.07. The highest BCUT2D eigenvalue weighted by molar-refractivity contribution is 5.50. The third-order valence-corrected chi connectivity index (χ3v) is 4.47. The Morgan fingerprint density at radius 2 is 1.86 bits per heavy atom. The molecule has 1 aromatic rings. The molecule has 5 heteroatoms. The first-order chi connectivity index (χ1) is 9.83. The van der Waals surface area contributed by atoms with E-state index in [-0.39, 0.29) is 5.82 Å². The molecule has 0 saturated heterocycles. The van der Waals surface area contributed by atoms with Crippen molar-refractivity contribution < 1.29 is 4.74 Å². The summed E-state index contributed by atoms with van der Waals surface area (Å²) >= 11 is 0. The van der Waals surface area contributed by atoms with Crippen molar-refractivity contribution in [2.45, 2.75) is 59.0 Å². The minimum atomic E-state index is -0.461. The molecule has 0 aliphatic heterocycles. The Morgan fingerprint density at radius 3 is 2.33 bits per heavy atom. The van der Waals surface area contributed by atoms with Crippen LogP contribution in [0.25, 0.3) is 0 Å². The van der Waals surface area contributed by atoms with Crippen LogP contribution in [0.5, 0.6) is 0 Å². The number of nitrogen functional groups attached to an aromatic ring is 1. The summed E-state index contributed by atoms with van der Waals surface area (Å²) in [6.07, 6.45) is 3.90. The lowest BCUT2D eigenvalue weighted by Gasteiger charge is -2.42. The van der Waals surface area contributed by atoms with Gasteiger partial charge in [-0.3, -0.25) is 0 Å². The lowest BCUT2D eigenvalue weighted by Crippen LogP contribution is -2.39. The molecule has 1 fully saturated rings. The van der Waals surface area contributed by atoms with Crippen LogP contribution in [0.2, 0.25) is 0 Å². The van der Waals surface area contributed by atoms with Gasteiger partial charge in [0, 0.05) is 6.61 Å². The van der Waals surface area contributed by atoms with E-state index in [2.05, 4.69) is 29.9 Å². The molecule has 2 rings (SSSR count). The van der Waals surface area contributed by atoms with Gasteiger partial charge in [0.05, 0.1) is 5.69 Å². The van der Waals surface area contributed by atoms with Gasteiger partial charge in [0.25, 0.3) is 0 Å². The first kappa shape index (κ1) is 15.7. The SMILES string of the molecule is CCOC1(c2nc(C)c(C#N)c(N)n2)CCC(C)(C)CC1. The predicted molar refractivity (Wildman–Crippen MR) is 81.4 cm³/mol. The summed E-state index contributed by atoms with van der Waals surface area (Å²) in [5.74, 6) is 0.887. The number of nitrogens with zero attached hydrogens (tertiary/aromatic N) is 3. The summed E-state index contributed by atoms with van der Waals surface area (Å²) in [7, 11) is 0. The molecule has 114 valence electrons. The van der Waals surface area contributed by atoms with Gasteiger partial charge in [0.1, 0.15) is 23.1 Å². The van der Waals surface area contributed by atoms with Gasteiger partial charge in [-0.15, -0.1) is 0 Å². The summed E-state index contributed by atoms with van der Waals surface area (Å²) in [6, 6.07) is 2.06. The van der Waals surface area contributed by atoms with Gasteiger partial charge in [-0.1, -0.05) is 13.8 Å². The van der Waals surface area contributed by atoms with Crippen molar-refractivity contribution in [3.63, 3.8) is 0 Å². The summed E-state index contributed by atoms with van der Waals surface area (Å²) in [5.41, 5.74) is 6.78. The fourth-order valence-electron chi connectivity index (χ4n) is 2.98. The molecule has 0 aromatic carbocycles. The maximum atomic E-state index is 9.10. The lowest BCUT2D eigenvalue weighted by molar-refractivity contribution is -0.0948. The van der Waals surface area contributed by atoms with Crippen molar-refractivity contribution in [2.24, 2.45) is 5.41 Å². The monoisotopic (exact) mass is 288 g/mol. The normalized spacial score (nSPS) is 20.0. The minimum Gasteiger partial charge on any atom is -0.382 e. The molecule has 1 aromatic heterocycles. The smallest absolute Gasteiger partial charge is 0.162 e. The topological polar surface area (TPSA) is 84.8 Å². The van der Waals surface area contributed by atoms with Gasteiger partial charge in [-0.05, 0) is 44.9 Å². The van der Waals surface area contributed by atoms with Crippen LogP contribution in [0, 0.1) is 23.7 Å². The zero-order chi connectivity index (χ0) is 15.7.